The largest absolute Gasteiger partial charge is 0.374 e. The van der Waals surface area contributed by atoms with Gasteiger partial charge in [0.25, 0.3) is 0 Å². The molecule has 1 aliphatic heterocycles. The molecule has 0 N–H and O–H groups in total. The summed E-state index contributed by atoms with van der Waals surface area (Å²) in [5.74, 6) is 3.05. The van der Waals surface area contributed by atoms with Gasteiger partial charge < -0.3 is 14.2 Å². The lowest BCUT2D eigenvalue weighted by molar-refractivity contribution is 0.109. The maximum atomic E-state index is 5.44. The van der Waals surface area contributed by atoms with E-state index < -0.39 is 0 Å². The van der Waals surface area contributed by atoms with Crippen LogP contribution in [0, 0.1) is 0 Å². The van der Waals surface area contributed by atoms with Gasteiger partial charge in [0.05, 0.1) is 6.54 Å². The zero-order valence-corrected chi connectivity index (χ0v) is 18.7. The lowest BCUT2D eigenvalue weighted by Crippen LogP contribution is -2.32. The molecule has 1 fully saturated rings. The van der Waals surface area contributed by atoms with E-state index in [2.05, 4.69) is 24.9 Å². The Morgan fingerprint density at radius 1 is 1.06 bits per heavy atom. The third-order valence-electron chi connectivity index (χ3n) is 6.25. The minimum atomic E-state index is -0.166. The highest BCUT2D eigenvalue weighted by Gasteiger charge is 2.26. The molecule has 0 aromatic carbocycles. The molecule has 1 unspecified atom stereocenters. The molecular weight excluding hydrogens is 406 g/mol. The molecule has 32 heavy (non-hydrogen) atoms. The molecule has 3 aromatic rings. The molecule has 3 aromatic heterocycles. The third-order valence-corrected chi connectivity index (χ3v) is 6.25. The maximum absolute atomic E-state index is 5.44. The first kappa shape index (κ1) is 21.0. The molecule has 168 valence electrons. The van der Waals surface area contributed by atoms with Crippen LogP contribution in [0.4, 0.5) is 5.82 Å². The second-order valence-electron chi connectivity index (χ2n) is 8.41. The first-order chi connectivity index (χ1) is 15.7. The lowest BCUT2D eigenvalue weighted by Gasteiger charge is -2.25. The van der Waals surface area contributed by atoms with E-state index in [0.29, 0.717) is 18.3 Å². The van der Waals surface area contributed by atoms with Crippen LogP contribution < -0.4 is 4.90 Å². The summed E-state index contributed by atoms with van der Waals surface area (Å²) in [6.07, 6.45) is 5.89. The smallest absolute Gasteiger partial charge is 0.240 e. The van der Waals surface area contributed by atoms with Gasteiger partial charge in [0.15, 0.2) is 11.6 Å². The fraction of sp³-hybridized carbons (Fsp3) is 0.522. The number of nitrogens with zero attached hydrogens (tertiary/aromatic N) is 7. The summed E-state index contributed by atoms with van der Waals surface area (Å²) in [6, 6.07) is 5.88. The van der Waals surface area contributed by atoms with E-state index in [-0.39, 0.29) is 6.10 Å². The van der Waals surface area contributed by atoms with Gasteiger partial charge in [0.1, 0.15) is 17.6 Å². The van der Waals surface area contributed by atoms with Crippen LogP contribution in [0.5, 0.6) is 0 Å². The van der Waals surface area contributed by atoms with E-state index in [0.717, 1.165) is 69.2 Å². The van der Waals surface area contributed by atoms with Gasteiger partial charge in [-0.1, -0.05) is 11.2 Å². The monoisotopic (exact) mass is 435 g/mol. The van der Waals surface area contributed by atoms with Gasteiger partial charge in [-0.15, -0.1) is 0 Å². The second-order valence-corrected chi connectivity index (χ2v) is 8.41. The van der Waals surface area contributed by atoms with Crippen LogP contribution in [0.1, 0.15) is 48.8 Å². The highest BCUT2D eigenvalue weighted by atomic mass is 16.5. The van der Waals surface area contributed by atoms with Crippen molar-refractivity contribution >= 4 is 5.82 Å². The molecule has 0 bridgehead atoms. The molecule has 9 nitrogen and oxygen atoms in total. The fourth-order valence-corrected chi connectivity index (χ4v) is 4.42. The molecule has 9 heteroatoms. The van der Waals surface area contributed by atoms with Crippen molar-refractivity contribution in [2.75, 3.05) is 38.2 Å². The molecule has 1 saturated heterocycles. The fourth-order valence-electron chi connectivity index (χ4n) is 4.42. The summed E-state index contributed by atoms with van der Waals surface area (Å²) in [6.45, 7) is 6.33. The molecule has 0 amide bonds. The number of aromatic nitrogens is 5. The lowest BCUT2D eigenvalue weighted by atomic mass is 10.2. The van der Waals surface area contributed by atoms with Crippen LogP contribution in [-0.4, -0.2) is 63.3 Å². The average Bonchev–Trinajstić information content (AvgIpc) is 3.44. The molecule has 4 heterocycles. The maximum Gasteiger partial charge on any atom is 0.240 e. The van der Waals surface area contributed by atoms with E-state index in [1.165, 1.54) is 11.3 Å². The van der Waals surface area contributed by atoms with Crippen molar-refractivity contribution in [1.82, 2.24) is 30.0 Å². The van der Waals surface area contributed by atoms with Crippen molar-refractivity contribution < 1.29 is 9.26 Å². The summed E-state index contributed by atoms with van der Waals surface area (Å²) < 4.78 is 10.7. The number of ether oxygens (including phenoxy) is 1. The number of rotatable bonds is 6. The van der Waals surface area contributed by atoms with Crippen LogP contribution in [0.15, 0.2) is 28.9 Å². The molecule has 0 spiro atoms. The van der Waals surface area contributed by atoms with Crippen molar-refractivity contribution in [3.63, 3.8) is 0 Å². The van der Waals surface area contributed by atoms with Crippen LogP contribution >= 0.6 is 0 Å². The van der Waals surface area contributed by atoms with Crippen LogP contribution in [0.25, 0.3) is 11.5 Å². The van der Waals surface area contributed by atoms with Gasteiger partial charge in [0.2, 0.25) is 5.89 Å². The standard InChI is InChI=1S/C23H29N7O2/c1-16(31-2)21-26-20(32-28-21)15-29-11-6-12-30(14-13-29)23-17-7-5-9-18(17)25-22(27-23)19-8-3-4-10-24-19/h3-4,8,10,16H,5-7,9,11-15H2,1-2H3. The predicted octanol–water partition coefficient (Wildman–Crippen LogP) is 2.83. The van der Waals surface area contributed by atoms with E-state index in [4.69, 9.17) is 19.2 Å². The van der Waals surface area contributed by atoms with Crippen LogP contribution in [0.2, 0.25) is 0 Å². The van der Waals surface area contributed by atoms with Gasteiger partial charge in [-0.3, -0.25) is 9.88 Å². The molecular formula is C23H29N7O2. The Labute approximate surface area is 187 Å². The SMILES string of the molecule is COC(C)c1noc(CN2CCCN(c3nc(-c4ccccn4)nc4c3CCC4)CC2)n1. The molecule has 0 saturated carbocycles. The Morgan fingerprint density at radius 3 is 2.84 bits per heavy atom. The van der Waals surface area contributed by atoms with Gasteiger partial charge in [0, 0.05) is 50.7 Å². The summed E-state index contributed by atoms with van der Waals surface area (Å²) in [7, 11) is 1.65. The Hall–Kier alpha value is -2.91. The van der Waals surface area contributed by atoms with Gasteiger partial charge in [-0.2, -0.15) is 4.98 Å². The zero-order chi connectivity index (χ0) is 21.9. The van der Waals surface area contributed by atoms with Crippen LogP contribution in [0.3, 0.4) is 0 Å². The average molecular weight is 436 g/mol. The van der Waals surface area contributed by atoms with E-state index >= 15 is 0 Å². The molecule has 1 atom stereocenters. The number of fused-ring (bicyclic) bond motifs is 1. The Balaban J connectivity index is 1.32. The first-order valence-electron chi connectivity index (χ1n) is 11.3. The summed E-state index contributed by atoms with van der Waals surface area (Å²) >= 11 is 0. The molecule has 1 aliphatic carbocycles. The highest BCUT2D eigenvalue weighted by molar-refractivity contribution is 5.59. The van der Waals surface area contributed by atoms with Gasteiger partial charge in [-0.05, 0) is 44.7 Å². The number of anilines is 1. The molecule has 2 aliphatic rings. The Bertz CT molecular complexity index is 1060. The topological polar surface area (TPSA) is 93.3 Å². The van der Waals surface area contributed by atoms with Crippen molar-refractivity contribution in [3.05, 3.63) is 47.4 Å². The zero-order valence-electron chi connectivity index (χ0n) is 18.7. The van der Waals surface area contributed by atoms with Gasteiger partial charge >= 0.3 is 0 Å². The summed E-state index contributed by atoms with van der Waals surface area (Å²) in [5.41, 5.74) is 3.33. The van der Waals surface area contributed by atoms with Crippen molar-refractivity contribution in [2.45, 2.75) is 45.3 Å². The minimum absolute atomic E-state index is 0.166. The number of hydrogen-bond acceptors (Lipinski definition) is 9. The summed E-state index contributed by atoms with van der Waals surface area (Å²) in [4.78, 5) is 23.6. The molecule has 5 rings (SSSR count). The van der Waals surface area contributed by atoms with Crippen molar-refractivity contribution in [1.29, 1.82) is 0 Å². The van der Waals surface area contributed by atoms with E-state index in [1.807, 2.05) is 25.1 Å². The van der Waals surface area contributed by atoms with Crippen LogP contribution in [-0.2, 0) is 24.1 Å². The Kier molecular flexibility index (Phi) is 6.09. The molecule has 0 radical (unpaired) electrons. The van der Waals surface area contributed by atoms with Gasteiger partial charge in [-0.25, -0.2) is 9.97 Å². The van der Waals surface area contributed by atoms with E-state index in [9.17, 15) is 0 Å². The predicted molar refractivity (Wildman–Crippen MR) is 119 cm³/mol. The third kappa shape index (κ3) is 4.35. The summed E-state index contributed by atoms with van der Waals surface area (Å²) in [5, 5.41) is 4.05. The number of pyridine rings is 1. The normalized spacial score (nSPS) is 17.9. The first-order valence-corrected chi connectivity index (χ1v) is 11.3. The van der Waals surface area contributed by atoms with Crippen molar-refractivity contribution in [3.8, 4) is 11.5 Å². The minimum Gasteiger partial charge on any atom is -0.374 e. The number of hydrogen-bond donors (Lipinski definition) is 0. The Morgan fingerprint density at radius 2 is 2.00 bits per heavy atom. The number of methoxy groups -OCH3 is 1. The number of aryl methyl sites for hydroxylation is 1. The van der Waals surface area contributed by atoms with E-state index in [1.54, 1.807) is 13.3 Å². The highest BCUT2D eigenvalue weighted by Crippen LogP contribution is 2.31. The quantitative estimate of drug-likeness (QED) is 0.579. The second kappa shape index (κ2) is 9.30. The van der Waals surface area contributed by atoms with Crippen molar-refractivity contribution in [2.24, 2.45) is 0 Å².